The topological polar surface area (TPSA) is 128 Å². The van der Waals surface area contributed by atoms with E-state index in [1.165, 1.54) is 4.90 Å². The number of carbonyl (C=O) groups is 3. The summed E-state index contributed by atoms with van der Waals surface area (Å²) in [6.07, 6.45) is 1.11. The summed E-state index contributed by atoms with van der Waals surface area (Å²) >= 11 is 0. The predicted molar refractivity (Wildman–Crippen MR) is 139 cm³/mol. The minimum Gasteiger partial charge on any atom is -0.460 e. The van der Waals surface area contributed by atoms with E-state index in [0.717, 1.165) is 6.08 Å². The Morgan fingerprint density at radius 1 is 0.590 bits per heavy atom. The predicted octanol–water partition coefficient (Wildman–Crippen LogP) is 1.13. The number of hydrogen-bond donors (Lipinski definition) is 0. The van der Waals surface area contributed by atoms with E-state index < -0.39 is 5.97 Å². The van der Waals surface area contributed by atoms with Gasteiger partial charge in [-0.05, 0) is 12.1 Å². The molecular weight excluding hydrogens is 514 g/mol. The van der Waals surface area contributed by atoms with Gasteiger partial charge in [-0.2, -0.15) is 0 Å². The highest BCUT2D eigenvalue weighted by Crippen LogP contribution is 2.21. The number of benzene rings is 1. The van der Waals surface area contributed by atoms with Crippen LogP contribution in [-0.4, -0.2) is 128 Å². The zero-order valence-corrected chi connectivity index (χ0v) is 22.3. The quantitative estimate of drug-likeness (QED) is 0.0748. The zero-order chi connectivity index (χ0) is 28.0. The van der Waals surface area contributed by atoms with Gasteiger partial charge >= 0.3 is 5.97 Å². The van der Waals surface area contributed by atoms with E-state index in [9.17, 15) is 14.4 Å². The first kappa shape index (κ1) is 32.5. The maximum atomic E-state index is 12.3. The largest absolute Gasteiger partial charge is 0.460 e. The van der Waals surface area contributed by atoms with Crippen LogP contribution in [0.2, 0.25) is 0 Å². The lowest BCUT2D eigenvalue weighted by molar-refractivity contribution is -0.139. The highest BCUT2D eigenvalue weighted by atomic mass is 16.6. The molecule has 1 heterocycles. The first-order valence-electron chi connectivity index (χ1n) is 12.9. The monoisotopic (exact) mass is 553 g/mol. The van der Waals surface area contributed by atoms with Crippen LogP contribution in [-0.2, 0) is 42.7 Å². The lowest BCUT2D eigenvalue weighted by Gasteiger charge is -2.13. The van der Waals surface area contributed by atoms with E-state index in [1.807, 2.05) is 0 Å². The van der Waals surface area contributed by atoms with Gasteiger partial charge in [-0.15, -0.1) is 0 Å². The molecule has 0 aliphatic carbocycles. The summed E-state index contributed by atoms with van der Waals surface area (Å²) in [5.41, 5.74) is 0.877. The molecular formula is C27H39NO11. The Labute approximate surface area is 229 Å². The van der Waals surface area contributed by atoms with Gasteiger partial charge in [0.2, 0.25) is 0 Å². The first-order valence-corrected chi connectivity index (χ1v) is 12.9. The van der Waals surface area contributed by atoms with Crippen molar-refractivity contribution in [3.8, 4) is 0 Å². The van der Waals surface area contributed by atoms with E-state index in [0.29, 0.717) is 97.0 Å². The number of imide groups is 1. The molecule has 0 unspecified atom stereocenters. The second-order valence-corrected chi connectivity index (χ2v) is 7.97. The van der Waals surface area contributed by atoms with Crippen molar-refractivity contribution in [3.05, 3.63) is 48.0 Å². The summed E-state index contributed by atoms with van der Waals surface area (Å²) < 4.78 is 42.5. The van der Waals surface area contributed by atoms with Gasteiger partial charge in [0, 0.05) is 6.08 Å². The van der Waals surface area contributed by atoms with E-state index in [1.54, 1.807) is 24.3 Å². The summed E-state index contributed by atoms with van der Waals surface area (Å²) in [6.45, 7) is 9.49. The summed E-state index contributed by atoms with van der Waals surface area (Å²) in [4.78, 5) is 36.5. The van der Waals surface area contributed by atoms with Gasteiger partial charge in [-0.25, -0.2) is 4.79 Å². The lowest BCUT2D eigenvalue weighted by atomic mass is 10.1. The number of carbonyl (C=O) groups excluding carboxylic acids is 3. The van der Waals surface area contributed by atoms with Crippen LogP contribution in [0.25, 0.3) is 0 Å². The fourth-order valence-corrected chi connectivity index (χ4v) is 3.28. The number of rotatable bonds is 25. The molecule has 39 heavy (non-hydrogen) atoms. The highest BCUT2D eigenvalue weighted by molar-refractivity contribution is 6.21. The van der Waals surface area contributed by atoms with Crippen molar-refractivity contribution < 1.29 is 52.3 Å². The Bertz CT molecular complexity index is 829. The van der Waals surface area contributed by atoms with Crippen LogP contribution in [0.1, 0.15) is 20.7 Å². The average Bonchev–Trinajstić information content (AvgIpc) is 3.20. The SMILES string of the molecule is C=CC(=O)OCCOCCOCCOCCOCCOCCOCCOCCN1C(=O)c2ccccc2C1=O. The van der Waals surface area contributed by atoms with Crippen molar-refractivity contribution >= 4 is 17.8 Å². The molecule has 1 aromatic carbocycles. The number of fused-ring (bicyclic) bond motifs is 1. The molecule has 1 aromatic rings. The third-order valence-corrected chi connectivity index (χ3v) is 5.21. The molecule has 0 saturated carbocycles. The molecule has 0 aromatic heterocycles. The van der Waals surface area contributed by atoms with Crippen LogP contribution >= 0.6 is 0 Å². The molecule has 1 aliphatic rings. The maximum Gasteiger partial charge on any atom is 0.330 e. The van der Waals surface area contributed by atoms with Crippen LogP contribution < -0.4 is 0 Å². The van der Waals surface area contributed by atoms with Gasteiger partial charge in [-0.1, -0.05) is 18.7 Å². The molecule has 0 saturated heterocycles. The molecule has 12 heteroatoms. The second-order valence-electron chi connectivity index (χ2n) is 7.97. The van der Waals surface area contributed by atoms with Crippen molar-refractivity contribution in [2.45, 2.75) is 0 Å². The number of nitrogens with zero attached hydrogens (tertiary/aromatic N) is 1. The van der Waals surface area contributed by atoms with E-state index in [4.69, 9.17) is 37.9 Å². The van der Waals surface area contributed by atoms with Crippen molar-refractivity contribution in [1.82, 2.24) is 4.90 Å². The highest BCUT2D eigenvalue weighted by Gasteiger charge is 2.34. The molecule has 0 radical (unpaired) electrons. The van der Waals surface area contributed by atoms with E-state index >= 15 is 0 Å². The summed E-state index contributed by atoms with van der Waals surface area (Å²) in [6, 6.07) is 6.80. The molecule has 0 N–H and O–H groups in total. The van der Waals surface area contributed by atoms with Crippen LogP contribution in [0.4, 0.5) is 0 Å². The Morgan fingerprint density at radius 3 is 1.28 bits per heavy atom. The van der Waals surface area contributed by atoms with Gasteiger partial charge in [0.25, 0.3) is 11.8 Å². The minimum absolute atomic E-state index is 0.190. The molecule has 12 nitrogen and oxygen atoms in total. The number of ether oxygens (including phenoxy) is 8. The normalized spacial score (nSPS) is 12.7. The molecule has 2 amide bonds. The average molecular weight is 554 g/mol. The van der Waals surface area contributed by atoms with Crippen molar-refractivity contribution in [3.63, 3.8) is 0 Å². The minimum atomic E-state index is -0.467. The lowest BCUT2D eigenvalue weighted by Crippen LogP contribution is -2.33. The summed E-state index contributed by atoms with van der Waals surface area (Å²) in [5.74, 6) is -1.03. The molecule has 0 atom stereocenters. The molecule has 0 fully saturated rings. The second kappa shape index (κ2) is 21.2. The van der Waals surface area contributed by atoms with E-state index in [2.05, 4.69) is 6.58 Å². The van der Waals surface area contributed by atoms with Gasteiger partial charge in [0.1, 0.15) is 6.61 Å². The van der Waals surface area contributed by atoms with Crippen LogP contribution in [0.5, 0.6) is 0 Å². The van der Waals surface area contributed by atoms with Gasteiger partial charge in [-0.3, -0.25) is 14.5 Å². The molecule has 0 spiro atoms. The summed E-state index contributed by atoms with van der Waals surface area (Å²) in [7, 11) is 0. The number of hydrogen-bond acceptors (Lipinski definition) is 11. The maximum absolute atomic E-state index is 12.3. The van der Waals surface area contributed by atoms with Gasteiger partial charge < -0.3 is 37.9 Å². The Morgan fingerprint density at radius 2 is 0.923 bits per heavy atom. The number of esters is 1. The molecule has 218 valence electrons. The Balaban J connectivity index is 1.24. The van der Waals surface area contributed by atoms with Crippen LogP contribution in [0, 0.1) is 0 Å². The first-order chi connectivity index (χ1) is 19.1. The standard InChI is InChI=1S/C27H39NO11/c1-2-25(29)39-22-21-38-20-19-37-18-17-36-16-15-35-14-13-34-12-11-33-10-9-32-8-7-28-26(30)23-5-3-4-6-24(23)27(28)31/h2-6H,1,7-22H2. The van der Waals surface area contributed by atoms with Gasteiger partial charge in [0.05, 0.1) is 110 Å². The van der Waals surface area contributed by atoms with Crippen LogP contribution in [0.15, 0.2) is 36.9 Å². The van der Waals surface area contributed by atoms with Crippen molar-refractivity contribution in [2.75, 3.05) is 106 Å². The Hall–Kier alpha value is -2.71. The van der Waals surface area contributed by atoms with Crippen molar-refractivity contribution in [1.29, 1.82) is 0 Å². The van der Waals surface area contributed by atoms with E-state index in [-0.39, 0.29) is 31.6 Å². The Kier molecular flexibility index (Phi) is 17.6. The summed E-state index contributed by atoms with van der Waals surface area (Å²) in [5, 5.41) is 0. The smallest absolute Gasteiger partial charge is 0.330 e. The fourth-order valence-electron chi connectivity index (χ4n) is 3.28. The fraction of sp³-hybridized carbons (Fsp3) is 0.593. The number of amides is 2. The van der Waals surface area contributed by atoms with Gasteiger partial charge in [0.15, 0.2) is 0 Å². The van der Waals surface area contributed by atoms with Crippen LogP contribution in [0.3, 0.4) is 0 Å². The third kappa shape index (κ3) is 13.8. The molecule has 1 aliphatic heterocycles. The zero-order valence-electron chi connectivity index (χ0n) is 22.3. The molecule has 2 rings (SSSR count). The molecule has 0 bridgehead atoms. The van der Waals surface area contributed by atoms with Crippen molar-refractivity contribution in [2.24, 2.45) is 0 Å². The third-order valence-electron chi connectivity index (χ3n) is 5.21.